The van der Waals surface area contributed by atoms with Crippen LogP contribution in [0.4, 0.5) is 0 Å². The minimum atomic E-state index is -3.15. The second-order valence-electron chi connectivity index (χ2n) is 6.45. The number of hydrogen-bond acceptors (Lipinski definition) is 7. The van der Waals surface area contributed by atoms with Gasteiger partial charge in [0.15, 0.2) is 5.82 Å². The van der Waals surface area contributed by atoms with E-state index in [0.717, 1.165) is 16.4 Å². The quantitative estimate of drug-likeness (QED) is 0.635. The van der Waals surface area contributed by atoms with Crippen molar-refractivity contribution >= 4 is 37.9 Å². The highest BCUT2D eigenvalue weighted by atomic mass is 35.5. The summed E-state index contributed by atoms with van der Waals surface area (Å²) in [7, 11) is -1.57. The van der Waals surface area contributed by atoms with Gasteiger partial charge in [-0.15, -0.1) is 10.2 Å². The number of sulfonamides is 1. The van der Waals surface area contributed by atoms with Crippen LogP contribution >= 0.6 is 22.9 Å². The van der Waals surface area contributed by atoms with Gasteiger partial charge in [-0.1, -0.05) is 22.9 Å². The average Bonchev–Trinajstić information content (AvgIpc) is 3.21. The summed E-state index contributed by atoms with van der Waals surface area (Å²) >= 11 is 7.65. The third kappa shape index (κ3) is 3.54. The number of aromatic nitrogens is 4. The van der Waals surface area contributed by atoms with Gasteiger partial charge in [0, 0.05) is 24.6 Å². The van der Waals surface area contributed by atoms with Crippen molar-refractivity contribution in [2.24, 2.45) is 0 Å². The first-order valence-corrected chi connectivity index (χ1v) is 11.4. The summed E-state index contributed by atoms with van der Waals surface area (Å²) < 4.78 is 31.8. The molecular weight excluding hydrogens is 410 g/mol. The number of hydrogen-bond donors (Lipinski definition) is 0. The van der Waals surface area contributed by atoms with E-state index < -0.39 is 10.0 Å². The number of fused-ring (bicyclic) bond motifs is 1. The minimum absolute atomic E-state index is 0.132. The molecule has 1 aliphatic rings. The number of ether oxygens (including phenoxy) is 1. The van der Waals surface area contributed by atoms with Crippen LogP contribution in [0.15, 0.2) is 18.2 Å². The van der Waals surface area contributed by atoms with Crippen LogP contribution in [0, 0.1) is 0 Å². The lowest BCUT2D eigenvalue weighted by Gasteiger charge is -2.28. The Morgan fingerprint density at radius 3 is 2.63 bits per heavy atom. The molecule has 144 valence electrons. The van der Waals surface area contributed by atoms with Crippen molar-refractivity contribution in [1.29, 1.82) is 0 Å². The number of nitrogens with zero attached hydrogens (tertiary/aromatic N) is 5. The fourth-order valence-electron chi connectivity index (χ4n) is 3.25. The lowest BCUT2D eigenvalue weighted by molar-refractivity contribution is 0.313. The largest absolute Gasteiger partial charge is 0.495 e. The number of benzene rings is 1. The smallest absolute Gasteiger partial charge is 0.234 e. The van der Waals surface area contributed by atoms with Crippen molar-refractivity contribution in [1.82, 2.24) is 24.1 Å². The number of piperidine rings is 1. The highest BCUT2D eigenvalue weighted by molar-refractivity contribution is 7.88. The SMILES string of the molecule is COc1ccc(-c2nn3c(C4CCN(S(C)(=O)=O)CC4)nnc3s2)cc1Cl. The van der Waals surface area contributed by atoms with Crippen molar-refractivity contribution in [2.75, 3.05) is 26.5 Å². The van der Waals surface area contributed by atoms with Gasteiger partial charge in [0.1, 0.15) is 10.8 Å². The van der Waals surface area contributed by atoms with E-state index in [1.54, 1.807) is 11.6 Å². The van der Waals surface area contributed by atoms with Crippen molar-refractivity contribution in [2.45, 2.75) is 18.8 Å². The lowest BCUT2D eigenvalue weighted by Crippen LogP contribution is -2.37. The molecule has 11 heteroatoms. The Kier molecular flexibility index (Phi) is 4.83. The lowest BCUT2D eigenvalue weighted by atomic mass is 9.97. The van der Waals surface area contributed by atoms with E-state index in [0.29, 0.717) is 41.7 Å². The van der Waals surface area contributed by atoms with E-state index in [2.05, 4.69) is 15.3 Å². The van der Waals surface area contributed by atoms with Crippen LogP contribution < -0.4 is 4.74 Å². The summed E-state index contributed by atoms with van der Waals surface area (Å²) in [5.41, 5.74) is 0.883. The summed E-state index contributed by atoms with van der Waals surface area (Å²) in [5, 5.41) is 14.5. The zero-order valence-corrected chi connectivity index (χ0v) is 17.2. The summed E-state index contributed by atoms with van der Waals surface area (Å²) in [4.78, 5) is 0.706. The molecule has 0 amide bonds. The zero-order valence-electron chi connectivity index (χ0n) is 14.8. The molecular formula is C16H18ClN5O3S2. The van der Waals surface area contributed by atoms with Crippen LogP contribution in [0.25, 0.3) is 15.5 Å². The molecule has 8 nitrogen and oxygen atoms in total. The maximum Gasteiger partial charge on any atom is 0.234 e. The van der Waals surface area contributed by atoms with Crippen LogP contribution in [-0.4, -0.2) is 59.0 Å². The fraction of sp³-hybridized carbons (Fsp3) is 0.438. The van der Waals surface area contributed by atoms with Crippen LogP contribution in [0.3, 0.4) is 0 Å². The maximum absolute atomic E-state index is 11.7. The van der Waals surface area contributed by atoms with Crippen molar-refractivity contribution < 1.29 is 13.2 Å². The van der Waals surface area contributed by atoms with Gasteiger partial charge in [-0.3, -0.25) is 0 Å². The van der Waals surface area contributed by atoms with Gasteiger partial charge in [-0.2, -0.15) is 9.61 Å². The Morgan fingerprint density at radius 1 is 1.26 bits per heavy atom. The van der Waals surface area contributed by atoms with Gasteiger partial charge in [0.2, 0.25) is 15.0 Å². The molecule has 1 saturated heterocycles. The molecule has 0 saturated carbocycles. The molecule has 2 aromatic heterocycles. The van der Waals surface area contributed by atoms with E-state index in [1.165, 1.54) is 21.9 Å². The third-order valence-corrected chi connectivity index (χ3v) is 7.25. The predicted molar refractivity (Wildman–Crippen MR) is 104 cm³/mol. The standard InChI is InChI=1S/C16H18ClN5O3S2/c1-25-13-4-3-11(9-12(13)17)15-20-22-14(18-19-16(22)26-15)10-5-7-21(8-6-10)27(2,23)24/h3-4,9-10H,5-8H2,1-2H3. The molecule has 0 atom stereocenters. The first kappa shape index (κ1) is 18.6. The van der Waals surface area contributed by atoms with Crippen LogP contribution in [0.1, 0.15) is 24.6 Å². The van der Waals surface area contributed by atoms with E-state index in [4.69, 9.17) is 16.3 Å². The Balaban J connectivity index is 1.61. The molecule has 0 radical (unpaired) electrons. The molecule has 0 N–H and O–H groups in total. The molecule has 3 aromatic rings. The summed E-state index contributed by atoms with van der Waals surface area (Å²) in [5.74, 6) is 1.52. The third-order valence-electron chi connectivity index (χ3n) is 4.70. The Morgan fingerprint density at radius 2 is 2.00 bits per heavy atom. The second-order valence-corrected chi connectivity index (χ2v) is 9.79. The number of methoxy groups -OCH3 is 1. The molecule has 4 rings (SSSR count). The van der Waals surface area contributed by atoms with E-state index >= 15 is 0 Å². The first-order valence-electron chi connectivity index (χ1n) is 8.38. The Bertz CT molecular complexity index is 1090. The molecule has 0 spiro atoms. The number of rotatable bonds is 4. The topological polar surface area (TPSA) is 89.7 Å². The van der Waals surface area contributed by atoms with E-state index in [1.807, 2.05) is 18.2 Å². The first-order chi connectivity index (χ1) is 12.9. The molecule has 1 aromatic carbocycles. The van der Waals surface area contributed by atoms with Gasteiger partial charge >= 0.3 is 0 Å². The van der Waals surface area contributed by atoms with Crippen LogP contribution in [0.5, 0.6) is 5.75 Å². The van der Waals surface area contributed by atoms with E-state index in [-0.39, 0.29) is 5.92 Å². The summed E-state index contributed by atoms with van der Waals surface area (Å²) in [6, 6.07) is 5.53. The zero-order chi connectivity index (χ0) is 19.2. The van der Waals surface area contributed by atoms with Crippen molar-refractivity contribution in [3.8, 4) is 16.3 Å². The average molecular weight is 428 g/mol. The molecule has 0 bridgehead atoms. The summed E-state index contributed by atoms with van der Waals surface area (Å²) in [6.07, 6.45) is 2.65. The van der Waals surface area contributed by atoms with Gasteiger partial charge in [0.25, 0.3) is 0 Å². The summed E-state index contributed by atoms with van der Waals surface area (Å²) in [6.45, 7) is 0.979. The molecule has 1 fully saturated rings. The predicted octanol–water partition coefficient (Wildman–Crippen LogP) is 2.65. The van der Waals surface area contributed by atoms with Crippen LogP contribution in [-0.2, 0) is 10.0 Å². The van der Waals surface area contributed by atoms with E-state index in [9.17, 15) is 8.42 Å². The molecule has 0 unspecified atom stereocenters. The maximum atomic E-state index is 11.7. The van der Waals surface area contributed by atoms with Crippen LogP contribution in [0.2, 0.25) is 5.02 Å². The van der Waals surface area contributed by atoms with Gasteiger partial charge in [-0.05, 0) is 31.0 Å². The number of halogens is 1. The highest BCUT2D eigenvalue weighted by Gasteiger charge is 2.29. The molecule has 0 aliphatic carbocycles. The van der Waals surface area contributed by atoms with Gasteiger partial charge in [-0.25, -0.2) is 12.7 Å². The minimum Gasteiger partial charge on any atom is -0.495 e. The Hall–Kier alpha value is -1.75. The molecule has 1 aliphatic heterocycles. The van der Waals surface area contributed by atoms with Gasteiger partial charge < -0.3 is 4.74 Å². The van der Waals surface area contributed by atoms with Gasteiger partial charge in [0.05, 0.1) is 18.4 Å². The van der Waals surface area contributed by atoms with Crippen molar-refractivity contribution in [3.05, 3.63) is 29.0 Å². The molecule has 3 heterocycles. The normalized spacial score (nSPS) is 16.9. The highest BCUT2D eigenvalue weighted by Crippen LogP contribution is 2.34. The second kappa shape index (κ2) is 7.01. The van der Waals surface area contributed by atoms with Crippen molar-refractivity contribution in [3.63, 3.8) is 0 Å². The monoisotopic (exact) mass is 427 g/mol. The molecule has 27 heavy (non-hydrogen) atoms. The Labute approximate surface area is 165 Å². The fourth-order valence-corrected chi connectivity index (χ4v) is 5.22.